The van der Waals surface area contributed by atoms with Crippen LogP contribution in [-0.4, -0.2) is 6.54 Å². The SMILES string of the molecule is NCC1(c2cccc(C3CCCCCC3)c2)CC1. The second kappa shape index (κ2) is 5.05. The lowest BCUT2D eigenvalue weighted by molar-refractivity contribution is 0.590. The van der Waals surface area contributed by atoms with Gasteiger partial charge in [-0.2, -0.15) is 0 Å². The molecule has 18 heavy (non-hydrogen) atoms. The van der Waals surface area contributed by atoms with Crippen molar-refractivity contribution in [3.63, 3.8) is 0 Å². The van der Waals surface area contributed by atoms with Crippen LogP contribution in [0.3, 0.4) is 0 Å². The van der Waals surface area contributed by atoms with E-state index >= 15 is 0 Å². The van der Waals surface area contributed by atoms with Crippen molar-refractivity contribution in [3.8, 4) is 0 Å². The lowest BCUT2D eigenvalue weighted by Crippen LogP contribution is -2.19. The van der Waals surface area contributed by atoms with Gasteiger partial charge >= 0.3 is 0 Å². The van der Waals surface area contributed by atoms with Gasteiger partial charge in [-0.05, 0) is 42.7 Å². The Kier molecular flexibility index (Phi) is 3.43. The largest absolute Gasteiger partial charge is 0.330 e. The third kappa shape index (κ3) is 2.33. The summed E-state index contributed by atoms with van der Waals surface area (Å²) in [5.74, 6) is 0.807. The van der Waals surface area contributed by atoms with E-state index in [4.69, 9.17) is 5.73 Å². The first-order valence-corrected chi connectivity index (χ1v) is 7.65. The van der Waals surface area contributed by atoms with Crippen LogP contribution < -0.4 is 5.73 Å². The maximum atomic E-state index is 5.95. The summed E-state index contributed by atoms with van der Waals surface area (Å²) >= 11 is 0. The van der Waals surface area contributed by atoms with E-state index in [1.807, 2.05) is 0 Å². The van der Waals surface area contributed by atoms with Gasteiger partial charge < -0.3 is 5.73 Å². The Morgan fingerprint density at radius 1 is 1.06 bits per heavy atom. The van der Waals surface area contributed by atoms with Gasteiger partial charge in [-0.25, -0.2) is 0 Å². The average Bonchev–Trinajstić information content (AvgIpc) is 3.24. The molecule has 1 heteroatoms. The number of nitrogens with two attached hydrogens (primary N) is 1. The molecule has 0 radical (unpaired) electrons. The highest BCUT2D eigenvalue weighted by Crippen LogP contribution is 2.48. The van der Waals surface area contributed by atoms with Crippen LogP contribution in [0.4, 0.5) is 0 Å². The lowest BCUT2D eigenvalue weighted by atomic mass is 9.87. The van der Waals surface area contributed by atoms with Gasteiger partial charge in [0.1, 0.15) is 0 Å². The van der Waals surface area contributed by atoms with Crippen molar-refractivity contribution in [2.24, 2.45) is 5.73 Å². The molecule has 1 aromatic carbocycles. The lowest BCUT2D eigenvalue weighted by Gasteiger charge is -2.19. The molecule has 0 unspecified atom stereocenters. The molecule has 2 fully saturated rings. The highest BCUT2D eigenvalue weighted by atomic mass is 14.7. The summed E-state index contributed by atoms with van der Waals surface area (Å²) in [4.78, 5) is 0. The molecule has 3 rings (SSSR count). The van der Waals surface area contributed by atoms with Crippen molar-refractivity contribution < 1.29 is 0 Å². The van der Waals surface area contributed by atoms with Crippen LogP contribution in [0.15, 0.2) is 24.3 Å². The normalized spacial score (nSPS) is 23.6. The third-order valence-electron chi connectivity index (χ3n) is 5.07. The van der Waals surface area contributed by atoms with Crippen molar-refractivity contribution >= 4 is 0 Å². The zero-order valence-electron chi connectivity index (χ0n) is 11.3. The van der Waals surface area contributed by atoms with Crippen LogP contribution in [0.1, 0.15) is 68.4 Å². The predicted octanol–water partition coefficient (Wildman–Crippen LogP) is 4.11. The Bertz CT molecular complexity index is 398. The Hall–Kier alpha value is -0.820. The molecule has 2 N–H and O–H groups in total. The number of benzene rings is 1. The summed E-state index contributed by atoms with van der Waals surface area (Å²) in [5, 5.41) is 0. The zero-order valence-corrected chi connectivity index (χ0v) is 11.3. The predicted molar refractivity (Wildman–Crippen MR) is 76.9 cm³/mol. The number of hydrogen-bond donors (Lipinski definition) is 1. The first kappa shape index (κ1) is 12.2. The fourth-order valence-corrected chi connectivity index (χ4v) is 3.50. The van der Waals surface area contributed by atoms with E-state index in [9.17, 15) is 0 Å². The Morgan fingerprint density at radius 3 is 2.39 bits per heavy atom. The monoisotopic (exact) mass is 243 g/mol. The van der Waals surface area contributed by atoms with Crippen molar-refractivity contribution in [1.29, 1.82) is 0 Å². The minimum absolute atomic E-state index is 0.348. The summed E-state index contributed by atoms with van der Waals surface area (Å²) in [5.41, 5.74) is 9.39. The highest BCUT2D eigenvalue weighted by Gasteiger charge is 2.42. The minimum atomic E-state index is 0.348. The summed E-state index contributed by atoms with van der Waals surface area (Å²) in [6, 6.07) is 9.35. The van der Waals surface area contributed by atoms with Crippen LogP contribution in [0.5, 0.6) is 0 Å². The van der Waals surface area contributed by atoms with Crippen LogP contribution in [0.2, 0.25) is 0 Å². The van der Waals surface area contributed by atoms with Gasteiger partial charge in [0, 0.05) is 12.0 Å². The molecule has 0 heterocycles. The molecular formula is C17H25N. The van der Waals surface area contributed by atoms with Crippen LogP contribution in [0, 0.1) is 0 Å². The smallest absolute Gasteiger partial charge is 0.00763 e. The molecule has 2 aliphatic rings. The third-order valence-corrected chi connectivity index (χ3v) is 5.07. The van der Waals surface area contributed by atoms with Gasteiger partial charge in [0.15, 0.2) is 0 Å². The van der Waals surface area contributed by atoms with E-state index in [1.165, 1.54) is 56.9 Å². The quantitative estimate of drug-likeness (QED) is 0.794. The molecule has 1 aromatic rings. The minimum Gasteiger partial charge on any atom is -0.330 e. The first-order valence-electron chi connectivity index (χ1n) is 7.65. The topological polar surface area (TPSA) is 26.0 Å². The van der Waals surface area contributed by atoms with Gasteiger partial charge in [0.25, 0.3) is 0 Å². The molecule has 98 valence electrons. The molecule has 0 aromatic heterocycles. The number of rotatable bonds is 3. The maximum Gasteiger partial charge on any atom is 0.00763 e. The molecule has 0 atom stereocenters. The van der Waals surface area contributed by atoms with Crippen LogP contribution >= 0.6 is 0 Å². The molecular weight excluding hydrogens is 218 g/mol. The molecule has 2 saturated carbocycles. The standard InChI is InChI=1S/C17H25N/c18-13-17(10-11-17)16-9-5-8-15(12-16)14-6-3-1-2-4-7-14/h5,8-9,12,14H,1-4,6-7,10-11,13,18H2. The number of hydrogen-bond acceptors (Lipinski definition) is 1. The summed E-state index contributed by atoms with van der Waals surface area (Å²) in [6.45, 7) is 0.821. The molecule has 0 aliphatic heterocycles. The highest BCUT2D eigenvalue weighted by molar-refractivity contribution is 5.36. The summed E-state index contributed by atoms with van der Waals surface area (Å²) < 4.78 is 0. The van der Waals surface area contributed by atoms with E-state index in [2.05, 4.69) is 24.3 Å². The van der Waals surface area contributed by atoms with Gasteiger partial charge in [0.2, 0.25) is 0 Å². The molecule has 0 amide bonds. The fourth-order valence-electron chi connectivity index (χ4n) is 3.50. The second-order valence-corrected chi connectivity index (χ2v) is 6.30. The Morgan fingerprint density at radius 2 is 1.78 bits per heavy atom. The Labute approximate surface area is 111 Å². The van der Waals surface area contributed by atoms with E-state index in [0.717, 1.165) is 12.5 Å². The van der Waals surface area contributed by atoms with Crippen LogP contribution in [-0.2, 0) is 5.41 Å². The van der Waals surface area contributed by atoms with E-state index < -0.39 is 0 Å². The van der Waals surface area contributed by atoms with Gasteiger partial charge in [0.05, 0.1) is 0 Å². The average molecular weight is 243 g/mol. The zero-order chi connectivity index (χ0) is 12.4. The first-order chi connectivity index (χ1) is 8.84. The molecule has 0 spiro atoms. The van der Waals surface area contributed by atoms with Crippen LogP contribution in [0.25, 0.3) is 0 Å². The van der Waals surface area contributed by atoms with Gasteiger partial charge in [-0.1, -0.05) is 49.9 Å². The summed E-state index contributed by atoms with van der Waals surface area (Å²) in [6.07, 6.45) is 11.0. The Balaban J connectivity index is 1.81. The molecule has 1 nitrogen and oxygen atoms in total. The van der Waals surface area contributed by atoms with E-state index in [0.29, 0.717) is 5.41 Å². The molecule has 0 saturated heterocycles. The molecule has 2 aliphatic carbocycles. The van der Waals surface area contributed by atoms with Crippen molar-refractivity contribution in [3.05, 3.63) is 35.4 Å². The van der Waals surface area contributed by atoms with Crippen molar-refractivity contribution in [2.45, 2.75) is 62.7 Å². The van der Waals surface area contributed by atoms with Crippen molar-refractivity contribution in [1.82, 2.24) is 0 Å². The van der Waals surface area contributed by atoms with Crippen molar-refractivity contribution in [2.75, 3.05) is 6.54 Å². The molecule has 0 bridgehead atoms. The fraction of sp³-hybridized carbons (Fsp3) is 0.647. The summed E-state index contributed by atoms with van der Waals surface area (Å²) in [7, 11) is 0. The van der Waals surface area contributed by atoms with E-state index in [1.54, 1.807) is 5.56 Å². The second-order valence-electron chi connectivity index (χ2n) is 6.30. The maximum absolute atomic E-state index is 5.95. The van der Waals surface area contributed by atoms with E-state index in [-0.39, 0.29) is 0 Å². The van der Waals surface area contributed by atoms with Gasteiger partial charge in [-0.3, -0.25) is 0 Å². The van der Waals surface area contributed by atoms with Gasteiger partial charge in [-0.15, -0.1) is 0 Å².